The number of rotatable bonds is 3. The molecule has 0 aromatic carbocycles. The maximum Gasteiger partial charge on any atom is 0.374 e. The van der Waals surface area contributed by atoms with E-state index in [1.54, 1.807) is 12.1 Å². The normalized spacial score (nSPS) is 11.6. The summed E-state index contributed by atoms with van der Waals surface area (Å²) in [6, 6.07) is 4.73. The van der Waals surface area contributed by atoms with Crippen molar-refractivity contribution in [3.63, 3.8) is 0 Å². The van der Waals surface area contributed by atoms with Gasteiger partial charge in [0.25, 0.3) is 0 Å². The van der Waals surface area contributed by atoms with Crippen molar-refractivity contribution >= 4 is 13.0 Å². The molecule has 72 valence electrons. The third-order valence-corrected chi connectivity index (χ3v) is 2.44. The van der Waals surface area contributed by atoms with Gasteiger partial charge in [0.1, 0.15) is 0 Å². The van der Waals surface area contributed by atoms with Crippen LogP contribution in [0.3, 0.4) is 0 Å². The molecule has 0 saturated carbocycles. The average molecular weight is 201 g/mol. The molecule has 0 amide bonds. The van der Waals surface area contributed by atoms with Crippen LogP contribution in [0.5, 0.6) is 0 Å². The van der Waals surface area contributed by atoms with Crippen LogP contribution in [0.15, 0.2) is 18.2 Å². The SMILES string of the molecule is CCCc1cccc(P(=O)(O)O)n1. The summed E-state index contributed by atoms with van der Waals surface area (Å²) in [5.41, 5.74) is 0.585. The van der Waals surface area contributed by atoms with Crippen LogP contribution < -0.4 is 5.44 Å². The first-order chi connectivity index (χ1) is 6.04. The number of aromatic nitrogens is 1. The molecule has 0 radical (unpaired) electrons. The smallest absolute Gasteiger partial charge is 0.320 e. The van der Waals surface area contributed by atoms with Gasteiger partial charge in [0.05, 0.1) is 0 Å². The molecule has 0 aliphatic carbocycles. The first-order valence-corrected chi connectivity index (χ1v) is 5.67. The van der Waals surface area contributed by atoms with Crippen molar-refractivity contribution in [2.75, 3.05) is 0 Å². The molecule has 1 heterocycles. The number of nitrogens with zero attached hydrogens (tertiary/aromatic N) is 1. The van der Waals surface area contributed by atoms with Crippen molar-refractivity contribution in [3.05, 3.63) is 23.9 Å². The van der Waals surface area contributed by atoms with Crippen LogP contribution in [-0.2, 0) is 11.0 Å². The molecular weight excluding hydrogens is 189 g/mol. The molecule has 1 rings (SSSR count). The van der Waals surface area contributed by atoms with Gasteiger partial charge < -0.3 is 9.79 Å². The van der Waals surface area contributed by atoms with Crippen LogP contribution in [0, 0.1) is 0 Å². The standard InChI is InChI=1S/C8H12NO3P/c1-2-4-7-5-3-6-8(9-7)13(10,11)12/h3,5-6H,2,4H2,1H3,(H2,10,11,12). The molecule has 0 aliphatic rings. The summed E-state index contributed by atoms with van der Waals surface area (Å²) in [5, 5.41) is 0. The number of aryl methyl sites for hydroxylation is 1. The van der Waals surface area contributed by atoms with Crippen LogP contribution in [-0.4, -0.2) is 14.8 Å². The molecule has 5 heteroatoms. The van der Waals surface area contributed by atoms with Gasteiger partial charge in [0, 0.05) is 5.69 Å². The zero-order valence-electron chi connectivity index (χ0n) is 7.34. The van der Waals surface area contributed by atoms with E-state index < -0.39 is 7.60 Å². The molecule has 0 spiro atoms. The minimum absolute atomic E-state index is 0.140. The summed E-state index contributed by atoms with van der Waals surface area (Å²) in [7, 11) is -4.18. The zero-order valence-corrected chi connectivity index (χ0v) is 8.24. The highest BCUT2D eigenvalue weighted by atomic mass is 31.2. The Balaban J connectivity index is 2.99. The van der Waals surface area contributed by atoms with Crippen molar-refractivity contribution in [2.45, 2.75) is 19.8 Å². The number of pyridine rings is 1. The molecule has 1 aromatic heterocycles. The van der Waals surface area contributed by atoms with Gasteiger partial charge in [0.2, 0.25) is 0 Å². The van der Waals surface area contributed by atoms with E-state index in [1.165, 1.54) is 6.07 Å². The summed E-state index contributed by atoms with van der Waals surface area (Å²) in [6.07, 6.45) is 1.66. The molecule has 1 aromatic rings. The van der Waals surface area contributed by atoms with Gasteiger partial charge in [0.15, 0.2) is 5.44 Å². The number of hydrogen-bond acceptors (Lipinski definition) is 2. The van der Waals surface area contributed by atoms with Gasteiger partial charge in [-0.25, -0.2) is 4.98 Å². The Hall–Kier alpha value is -0.700. The molecule has 0 atom stereocenters. The van der Waals surface area contributed by atoms with Crippen molar-refractivity contribution in [1.82, 2.24) is 4.98 Å². The minimum Gasteiger partial charge on any atom is -0.320 e. The van der Waals surface area contributed by atoms with Crippen molar-refractivity contribution < 1.29 is 14.4 Å². The van der Waals surface area contributed by atoms with E-state index in [-0.39, 0.29) is 5.44 Å². The zero-order chi connectivity index (χ0) is 9.90. The van der Waals surface area contributed by atoms with Crippen molar-refractivity contribution in [1.29, 1.82) is 0 Å². The molecule has 13 heavy (non-hydrogen) atoms. The highest BCUT2D eigenvalue weighted by Crippen LogP contribution is 2.31. The van der Waals surface area contributed by atoms with Crippen LogP contribution in [0.4, 0.5) is 0 Å². The van der Waals surface area contributed by atoms with Crippen LogP contribution in [0.1, 0.15) is 19.0 Å². The van der Waals surface area contributed by atoms with Crippen LogP contribution in [0.2, 0.25) is 0 Å². The summed E-state index contributed by atoms with van der Waals surface area (Å²) in [6.45, 7) is 1.99. The third kappa shape index (κ3) is 2.92. The van der Waals surface area contributed by atoms with Gasteiger partial charge in [-0.05, 0) is 18.6 Å². The minimum atomic E-state index is -4.18. The fourth-order valence-electron chi connectivity index (χ4n) is 1.02. The summed E-state index contributed by atoms with van der Waals surface area (Å²) in [4.78, 5) is 21.5. The fraction of sp³-hybridized carbons (Fsp3) is 0.375. The second-order valence-corrected chi connectivity index (χ2v) is 4.33. The summed E-state index contributed by atoms with van der Waals surface area (Å²) >= 11 is 0. The van der Waals surface area contributed by atoms with E-state index in [4.69, 9.17) is 9.79 Å². The Labute approximate surface area is 76.8 Å². The lowest BCUT2D eigenvalue weighted by Crippen LogP contribution is -2.10. The quantitative estimate of drug-likeness (QED) is 0.711. The highest BCUT2D eigenvalue weighted by Gasteiger charge is 2.18. The first-order valence-electron chi connectivity index (χ1n) is 4.06. The van der Waals surface area contributed by atoms with E-state index in [2.05, 4.69) is 4.98 Å². The average Bonchev–Trinajstić information content (AvgIpc) is 2.04. The van der Waals surface area contributed by atoms with E-state index in [0.29, 0.717) is 0 Å². The molecule has 0 aliphatic heterocycles. The van der Waals surface area contributed by atoms with Gasteiger partial charge in [-0.2, -0.15) is 0 Å². The monoisotopic (exact) mass is 201 g/mol. The molecule has 0 unspecified atom stereocenters. The maximum atomic E-state index is 10.8. The van der Waals surface area contributed by atoms with Gasteiger partial charge in [-0.1, -0.05) is 19.4 Å². The lowest BCUT2D eigenvalue weighted by atomic mass is 10.2. The Bertz CT molecular complexity index is 334. The Morgan fingerprint density at radius 1 is 1.46 bits per heavy atom. The molecule has 2 N–H and O–H groups in total. The Morgan fingerprint density at radius 3 is 2.69 bits per heavy atom. The van der Waals surface area contributed by atoms with Gasteiger partial charge >= 0.3 is 7.60 Å². The largest absolute Gasteiger partial charge is 0.374 e. The van der Waals surface area contributed by atoms with Crippen LogP contribution in [0.25, 0.3) is 0 Å². The van der Waals surface area contributed by atoms with E-state index >= 15 is 0 Å². The van der Waals surface area contributed by atoms with Crippen molar-refractivity contribution in [3.8, 4) is 0 Å². The first kappa shape index (κ1) is 10.4. The van der Waals surface area contributed by atoms with Gasteiger partial charge in [-0.3, -0.25) is 4.57 Å². The summed E-state index contributed by atoms with van der Waals surface area (Å²) in [5.74, 6) is 0. The second kappa shape index (κ2) is 4.01. The lowest BCUT2D eigenvalue weighted by molar-refractivity contribution is 0.386. The number of hydrogen-bond donors (Lipinski definition) is 2. The molecule has 4 nitrogen and oxygen atoms in total. The Morgan fingerprint density at radius 2 is 2.15 bits per heavy atom. The Kier molecular flexibility index (Phi) is 3.20. The topological polar surface area (TPSA) is 70.4 Å². The lowest BCUT2D eigenvalue weighted by Gasteiger charge is -2.04. The predicted molar refractivity (Wildman–Crippen MR) is 49.9 cm³/mol. The molecule has 0 bridgehead atoms. The van der Waals surface area contributed by atoms with E-state index in [0.717, 1.165) is 18.5 Å². The highest BCUT2D eigenvalue weighted by molar-refractivity contribution is 7.60. The van der Waals surface area contributed by atoms with Crippen LogP contribution >= 0.6 is 7.60 Å². The molecular formula is C8H12NO3P. The summed E-state index contributed by atoms with van der Waals surface area (Å²) < 4.78 is 10.8. The molecule has 0 fully saturated rings. The second-order valence-electron chi connectivity index (χ2n) is 2.78. The predicted octanol–water partition coefficient (Wildman–Crippen LogP) is 0.837. The van der Waals surface area contributed by atoms with E-state index in [1.807, 2.05) is 6.92 Å². The van der Waals surface area contributed by atoms with Crippen molar-refractivity contribution in [2.24, 2.45) is 0 Å². The van der Waals surface area contributed by atoms with Gasteiger partial charge in [-0.15, -0.1) is 0 Å². The maximum absolute atomic E-state index is 10.8. The fourth-order valence-corrected chi connectivity index (χ4v) is 1.56. The molecule has 0 saturated heterocycles. The third-order valence-electron chi connectivity index (χ3n) is 1.60. The van der Waals surface area contributed by atoms with E-state index in [9.17, 15) is 4.57 Å².